The average molecular weight is 321 g/mol. The van der Waals surface area contributed by atoms with Crippen LogP contribution in [-0.4, -0.2) is 36.0 Å². The predicted octanol–water partition coefficient (Wildman–Crippen LogP) is 3.50. The molecule has 0 saturated carbocycles. The number of benzene rings is 1. The molecular formula is C16H21BrN2. The molecule has 0 atom stereocenters. The molecule has 4 heterocycles. The van der Waals surface area contributed by atoms with Crippen LogP contribution in [0.3, 0.4) is 0 Å². The summed E-state index contributed by atoms with van der Waals surface area (Å²) >= 11 is 3.74. The minimum atomic E-state index is 0.483. The summed E-state index contributed by atoms with van der Waals surface area (Å²) < 4.78 is 1.25. The van der Waals surface area contributed by atoms with Gasteiger partial charge in [-0.25, -0.2) is 0 Å². The first-order valence-corrected chi connectivity index (χ1v) is 8.00. The Morgan fingerprint density at radius 3 is 2.05 bits per heavy atom. The molecule has 0 amide bonds. The van der Waals surface area contributed by atoms with Crippen LogP contribution in [0.1, 0.15) is 32.0 Å². The van der Waals surface area contributed by atoms with E-state index in [1.54, 1.807) is 0 Å². The summed E-state index contributed by atoms with van der Waals surface area (Å²) in [4.78, 5) is 5.41. The first-order chi connectivity index (χ1) is 8.98. The molecule has 5 rings (SSSR count). The summed E-state index contributed by atoms with van der Waals surface area (Å²) in [6.07, 6.45) is 1.88. The van der Waals surface area contributed by atoms with Crippen molar-refractivity contribution in [3.63, 3.8) is 0 Å². The van der Waals surface area contributed by atoms with Crippen LogP contribution in [0.2, 0.25) is 0 Å². The fourth-order valence-electron chi connectivity index (χ4n) is 5.08. The Hall–Kier alpha value is -0.380. The molecule has 4 fully saturated rings. The maximum absolute atomic E-state index is 3.74. The Balaban J connectivity index is 1.76. The van der Waals surface area contributed by atoms with Gasteiger partial charge in [0.05, 0.1) is 6.17 Å². The lowest BCUT2D eigenvalue weighted by molar-refractivity contribution is -0.194. The van der Waals surface area contributed by atoms with Crippen molar-refractivity contribution in [3.05, 3.63) is 34.3 Å². The Kier molecular flexibility index (Phi) is 2.50. The van der Waals surface area contributed by atoms with Crippen LogP contribution < -0.4 is 0 Å². The number of hydrogen-bond acceptors (Lipinski definition) is 2. The summed E-state index contributed by atoms with van der Waals surface area (Å²) in [6, 6.07) is 8.72. The monoisotopic (exact) mass is 320 g/mol. The molecule has 4 aliphatic heterocycles. The number of piperidine rings is 2. The van der Waals surface area contributed by atoms with Crippen LogP contribution in [0.15, 0.2) is 28.7 Å². The Morgan fingerprint density at radius 2 is 1.53 bits per heavy atom. The molecule has 0 unspecified atom stereocenters. The van der Waals surface area contributed by atoms with E-state index in [2.05, 4.69) is 63.8 Å². The lowest BCUT2D eigenvalue weighted by atomic mass is 9.63. The van der Waals surface area contributed by atoms with Gasteiger partial charge in [0.15, 0.2) is 0 Å². The van der Waals surface area contributed by atoms with E-state index in [1.165, 1.54) is 42.6 Å². The van der Waals surface area contributed by atoms with Gasteiger partial charge in [-0.2, -0.15) is 0 Å². The molecule has 0 aliphatic carbocycles. The Bertz CT molecular complexity index is 491. The largest absolute Gasteiger partial charge is 0.283 e. The van der Waals surface area contributed by atoms with Crippen molar-refractivity contribution in [1.29, 1.82) is 0 Å². The minimum absolute atomic E-state index is 0.483. The normalized spacial score (nSPS) is 47.6. The van der Waals surface area contributed by atoms with Gasteiger partial charge in [0.1, 0.15) is 0 Å². The standard InChI is InChI=1S/C16H21BrN2/c1-15-7-16(2)10-18(8-15)14(19(9-15)11-16)12-5-3-4-6-13(12)17/h3-6,14H,7-11H2,1-2H3. The van der Waals surface area contributed by atoms with E-state index < -0.39 is 0 Å². The van der Waals surface area contributed by atoms with Gasteiger partial charge in [0.25, 0.3) is 0 Å². The Morgan fingerprint density at radius 1 is 1.00 bits per heavy atom. The number of halogens is 1. The summed E-state index contributed by atoms with van der Waals surface area (Å²) in [5.41, 5.74) is 2.44. The number of rotatable bonds is 1. The van der Waals surface area contributed by atoms with Gasteiger partial charge in [0.2, 0.25) is 0 Å². The van der Waals surface area contributed by atoms with Crippen molar-refractivity contribution >= 4 is 15.9 Å². The summed E-state index contributed by atoms with van der Waals surface area (Å²) in [7, 11) is 0. The highest BCUT2D eigenvalue weighted by Crippen LogP contribution is 2.54. The van der Waals surface area contributed by atoms with Crippen LogP contribution in [0, 0.1) is 10.8 Å². The zero-order valence-corrected chi connectivity index (χ0v) is 13.3. The first kappa shape index (κ1) is 12.4. The van der Waals surface area contributed by atoms with E-state index >= 15 is 0 Å². The summed E-state index contributed by atoms with van der Waals surface area (Å²) in [6.45, 7) is 9.96. The van der Waals surface area contributed by atoms with Crippen molar-refractivity contribution in [2.24, 2.45) is 10.8 Å². The van der Waals surface area contributed by atoms with E-state index in [4.69, 9.17) is 0 Å². The zero-order valence-electron chi connectivity index (χ0n) is 11.7. The van der Waals surface area contributed by atoms with Gasteiger partial charge in [0, 0.05) is 30.7 Å². The van der Waals surface area contributed by atoms with Crippen LogP contribution >= 0.6 is 15.9 Å². The molecule has 0 spiro atoms. The fourth-order valence-corrected chi connectivity index (χ4v) is 5.57. The predicted molar refractivity (Wildman–Crippen MR) is 80.9 cm³/mol. The van der Waals surface area contributed by atoms with Gasteiger partial charge in [-0.05, 0) is 28.9 Å². The third kappa shape index (κ3) is 1.82. The van der Waals surface area contributed by atoms with Crippen molar-refractivity contribution in [2.45, 2.75) is 26.4 Å². The minimum Gasteiger partial charge on any atom is -0.283 e. The molecule has 3 heteroatoms. The fraction of sp³-hybridized carbons (Fsp3) is 0.625. The van der Waals surface area contributed by atoms with E-state index in [-0.39, 0.29) is 0 Å². The molecule has 0 aromatic heterocycles. The topological polar surface area (TPSA) is 6.48 Å². The summed E-state index contributed by atoms with van der Waals surface area (Å²) in [5.74, 6) is 0. The van der Waals surface area contributed by atoms with Crippen molar-refractivity contribution in [1.82, 2.24) is 9.80 Å². The quantitative estimate of drug-likeness (QED) is 0.781. The van der Waals surface area contributed by atoms with Gasteiger partial charge >= 0.3 is 0 Å². The van der Waals surface area contributed by atoms with Crippen LogP contribution in [0.25, 0.3) is 0 Å². The highest BCUT2D eigenvalue weighted by Gasteiger charge is 2.56. The summed E-state index contributed by atoms with van der Waals surface area (Å²) in [5, 5.41) is 0. The average Bonchev–Trinajstić information content (AvgIpc) is 2.27. The molecule has 4 bridgehead atoms. The van der Waals surface area contributed by atoms with E-state index in [0.717, 1.165) is 0 Å². The highest BCUT2D eigenvalue weighted by molar-refractivity contribution is 9.10. The molecule has 102 valence electrons. The third-order valence-electron chi connectivity index (χ3n) is 5.07. The van der Waals surface area contributed by atoms with Gasteiger partial charge in [-0.15, -0.1) is 0 Å². The lowest BCUT2D eigenvalue weighted by Crippen LogP contribution is -2.70. The van der Waals surface area contributed by atoms with Crippen molar-refractivity contribution < 1.29 is 0 Å². The maximum atomic E-state index is 3.74. The number of nitrogens with zero attached hydrogens (tertiary/aromatic N) is 2. The second-order valence-corrected chi connectivity index (χ2v) is 8.36. The lowest BCUT2D eigenvalue weighted by Gasteiger charge is -2.66. The van der Waals surface area contributed by atoms with Crippen molar-refractivity contribution in [2.75, 3.05) is 26.2 Å². The Labute approximate surface area is 123 Å². The van der Waals surface area contributed by atoms with E-state index in [9.17, 15) is 0 Å². The third-order valence-corrected chi connectivity index (χ3v) is 5.79. The van der Waals surface area contributed by atoms with Crippen LogP contribution in [-0.2, 0) is 0 Å². The number of hydrogen-bond donors (Lipinski definition) is 0. The van der Waals surface area contributed by atoms with E-state index in [0.29, 0.717) is 17.0 Å². The van der Waals surface area contributed by atoms with Gasteiger partial charge in [-0.1, -0.05) is 48.0 Å². The second kappa shape index (κ2) is 3.84. The molecule has 0 radical (unpaired) electrons. The molecule has 4 saturated heterocycles. The smallest absolute Gasteiger partial charge is 0.0898 e. The van der Waals surface area contributed by atoms with Crippen LogP contribution in [0.5, 0.6) is 0 Å². The molecule has 1 aromatic rings. The molecule has 2 nitrogen and oxygen atoms in total. The SMILES string of the molecule is CC12CN3CC(C)(CN(C1)C3c1ccccc1Br)C2. The second-order valence-electron chi connectivity index (χ2n) is 7.50. The van der Waals surface area contributed by atoms with Crippen molar-refractivity contribution in [3.8, 4) is 0 Å². The van der Waals surface area contributed by atoms with Crippen LogP contribution in [0.4, 0.5) is 0 Å². The molecular weight excluding hydrogens is 300 g/mol. The maximum Gasteiger partial charge on any atom is 0.0898 e. The first-order valence-electron chi connectivity index (χ1n) is 7.21. The molecule has 1 aromatic carbocycles. The van der Waals surface area contributed by atoms with Gasteiger partial charge in [-0.3, -0.25) is 9.80 Å². The van der Waals surface area contributed by atoms with Gasteiger partial charge < -0.3 is 0 Å². The van der Waals surface area contributed by atoms with E-state index in [1.807, 2.05) is 0 Å². The molecule has 4 aliphatic rings. The highest BCUT2D eigenvalue weighted by atomic mass is 79.9. The zero-order chi connectivity index (χ0) is 13.3. The molecule has 19 heavy (non-hydrogen) atoms. The molecule has 0 N–H and O–H groups in total.